The molecule has 8 heteroatoms. The molecule has 1 unspecified atom stereocenters. The number of anilines is 1. The Morgan fingerprint density at radius 1 is 1.44 bits per heavy atom. The van der Waals surface area contributed by atoms with Crippen LogP contribution in [-0.2, 0) is 14.8 Å². The Morgan fingerprint density at radius 3 is 2.88 bits per heavy atom. The quantitative estimate of drug-likeness (QED) is 0.827. The van der Waals surface area contributed by atoms with Crippen LogP contribution in [0.4, 0.5) is 5.69 Å². The van der Waals surface area contributed by atoms with Gasteiger partial charge in [-0.3, -0.25) is 4.72 Å². The minimum Gasteiger partial charge on any atom is -0.377 e. The summed E-state index contributed by atoms with van der Waals surface area (Å²) in [6.07, 6.45) is 3.00. The first-order chi connectivity index (χ1) is 11.9. The van der Waals surface area contributed by atoms with E-state index in [1.54, 1.807) is 23.0 Å². The van der Waals surface area contributed by atoms with Crippen LogP contribution in [0.1, 0.15) is 38.3 Å². The normalized spacial score (nSPS) is 18.0. The topological polar surface area (TPSA) is 73.2 Å². The molecule has 1 aromatic heterocycles. The molecule has 1 aliphatic heterocycles. The van der Waals surface area contributed by atoms with E-state index in [4.69, 9.17) is 16.3 Å². The van der Waals surface area contributed by atoms with Crippen LogP contribution < -0.4 is 4.72 Å². The van der Waals surface area contributed by atoms with Crippen molar-refractivity contribution in [2.45, 2.75) is 38.7 Å². The van der Waals surface area contributed by atoms with Crippen LogP contribution in [-0.4, -0.2) is 36.7 Å². The molecule has 25 heavy (non-hydrogen) atoms. The molecule has 136 valence electrons. The third-order valence-electron chi connectivity index (χ3n) is 4.10. The number of rotatable bonds is 6. The van der Waals surface area contributed by atoms with Crippen LogP contribution in [0.15, 0.2) is 30.5 Å². The molecule has 2 heterocycles. The molecule has 1 saturated heterocycles. The highest BCUT2D eigenvalue weighted by molar-refractivity contribution is 7.92. The highest BCUT2D eigenvalue weighted by atomic mass is 35.5. The monoisotopic (exact) mass is 383 g/mol. The van der Waals surface area contributed by atoms with E-state index in [0.29, 0.717) is 17.3 Å². The van der Waals surface area contributed by atoms with Crippen LogP contribution in [0.25, 0.3) is 5.69 Å². The van der Waals surface area contributed by atoms with E-state index < -0.39 is 10.0 Å². The van der Waals surface area contributed by atoms with Gasteiger partial charge in [-0.2, -0.15) is 5.10 Å². The van der Waals surface area contributed by atoms with E-state index in [9.17, 15) is 8.42 Å². The number of sulfonamides is 1. The van der Waals surface area contributed by atoms with E-state index >= 15 is 0 Å². The first kappa shape index (κ1) is 18.2. The van der Waals surface area contributed by atoms with Crippen LogP contribution >= 0.6 is 11.6 Å². The zero-order valence-electron chi connectivity index (χ0n) is 14.3. The summed E-state index contributed by atoms with van der Waals surface area (Å²) in [6, 6.07) is 7.31. The zero-order valence-corrected chi connectivity index (χ0v) is 15.8. The lowest BCUT2D eigenvalue weighted by atomic mass is 10.1. The Kier molecular flexibility index (Phi) is 5.36. The van der Waals surface area contributed by atoms with Crippen molar-refractivity contribution in [1.29, 1.82) is 0 Å². The van der Waals surface area contributed by atoms with E-state index in [-0.39, 0.29) is 17.8 Å². The molecule has 1 aliphatic rings. The molecular weight excluding hydrogens is 362 g/mol. The summed E-state index contributed by atoms with van der Waals surface area (Å²) in [5.74, 6) is 0.0364. The number of benzene rings is 1. The maximum Gasteiger partial charge on any atom is 0.235 e. The van der Waals surface area contributed by atoms with Gasteiger partial charge in [-0.1, -0.05) is 31.5 Å². The summed E-state index contributed by atoms with van der Waals surface area (Å²) in [6.45, 7) is 4.62. The number of hydrogen-bond donors (Lipinski definition) is 1. The third-order valence-corrected chi connectivity index (χ3v) is 5.68. The van der Waals surface area contributed by atoms with E-state index in [0.717, 1.165) is 24.2 Å². The highest BCUT2D eigenvalue weighted by Crippen LogP contribution is 2.29. The summed E-state index contributed by atoms with van der Waals surface area (Å²) in [5.41, 5.74) is 2.08. The average molecular weight is 384 g/mol. The zero-order chi connectivity index (χ0) is 18.0. The Balaban J connectivity index is 1.89. The SMILES string of the molecule is CC(C)c1c(NS(=O)(=O)CC2CCCO2)cnn1-c1cccc(Cl)c1. The van der Waals surface area contributed by atoms with Gasteiger partial charge < -0.3 is 4.74 Å². The van der Waals surface area contributed by atoms with Gasteiger partial charge in [0, 0.05) is 11.6 Å². The van der Waals surface area contributed by atoms with Gasteiger partial charge in [-0.15, -0.1) is 0 Å². The number of nitrogens with zero attached hydrogens (tertiary/aromatic N) is 2. The van der Waals surface area contributed by atoms with Crippen molar-refractivity contribution in [2.75, 3.05) is 17.1 Å². The molecule has 0 bridgehead atoms. The first-order valence-electron chi connectivity index (χ1n) is 8.31. The fourth-order valence-electron chi connectivity index (χ4n) is 3.04. The predicted octanol–water partition coefficient (Wildman–Crippen LogP) is 3.57. The second kappa shape index (κ2) is 7.35. The molecule has 0 amide bonds. The van der Waals surface area contributed by atoms with E-state index in [1.165, 1.54) is 0 Å². The Bertz CT molecular complexity index is 843. The summed E-state index contributed by atoms with van der Waals surface area (Å²) >= 11 is 6.07. The average Bonchev–Trinajstić information content (AvgIpc) is 3.16. The number of halogens is 1. The fraction of sp³-hybridized carbons (Fsp3) is 0.471. The van der Waals surface area contributed by atoms with Gasteiger partial charge >= 0.3 is 0 Å². The number of aromatic nitrogens is 2. The maximum absolute atomic E-state index is 12.5. The second-order valence-electron chi connectivity index (χ2n) is 6.51. The van der Waals surface area contributed by atoms with Crippen molar-refractivity contribution in [3.8, 4) is 5.69 Å². The molecule has 1 atom stereocenters. The van der Waals surface area contributed by atoms with Crippen LogP contribution in [0, 0.1) is 0 Å². The van der Waals surface area contributed by atoms with Crippen molar-refractivity contribution >= 4 is 27.3 Å². The van der Waals surface area contributed by atoms with Crippen molar-refractivity contribution in [3.63, 3.8) is 0 Å². The van der Waals surface area contributed by atoms with E-state index in [1.807, 2.05) is 26.0 Å². The third kappa shape index (κ3) is 4.34. The summed E-state index contributed by atoms with van der Waals surface area (Å²) in [4.78, 5) is 0. The van der Waals surface area contributed by atoms with Crippen molar-refractivity contribution < 1.29 is 13.2 Å². The van der Waals surface area contributed by atoms with Gasteiger partial charge in [0.25, 0.3) is 0 Å². The van der Waals surface area contributed by atoms with Crippen LogP contribution in [0.2, 0.25) is 5.02 Å². The van der Waals surface area contributed by atoms with E-state index in [2.05, 4.69) is 9.82 Å². The smallest absolute Gasteiger partial charge is 0.235 e. The molecule has 0 radical (unpaired) electrons. The lowest BCUT2D eigenvalue weighted by Gasteiger charge is -2.15. The molecule has 0 aliphatic carbocycles. The summed E-state index contributed by atoms with van der Waals surface area (Å²) in [7, 11) is -3.51. The molecule has 1 aromatic carbocycles. The molecule has 1 fully saturated rings. The minimum absolute atomic E-state index is 0.0348. The number of nitrogens with one attached hydrogen (secondary N) is 1. The number of ether oxygens (including phenoxy) is 1. The van der Waals surface area contributed by atoms with Crippen LogP contribution in [0.3, 0.4) is 0 Å². The maximum atomic E-state index is 12.5. The van der Waals surface area contributed by atoms with Gasteiger partial charge in [0.05, 0.1) is 35.1 Å². The van der Waals surface area contributed by atoms with Gasteiger partial charge in [0.2, 0.25) is 10.0 Å². The van der Waals surface area contributed by atoms with Gasteiger partial charge in [-0.05, 0) is 37.0 Å². The minimum atomic E-state index is -3.51. The van der Waals surface area contributed by atoms with Gasteiger partial charge in [0.15, 0.2) is 0 Å². The second-order valence-corrected chi connectivity index (χ2v) is 8.71. The molecule has 2 aromatic rings. The van der Waals surface area contributed by atoms with Crippen molar-refractivity contribution in [2.24, 2.45) is 0 Å². The molecular formula is C17H22ClN3O3S. The number of hydrogen-bond acceptors (Lipinski definition) is 4. The molecule has 0 saturated carbocycles. The van der Waals surface area contributed by atoms with Crippen molar-refractivity contribution in [3.05, 3.63) is 41.2 Å². The van der Waals surface area contributed by atoms with Gasteiger partial charge in [0.1, 0.15) is 0 Å². The first-order valence-corrected chi connectivity index (χ1v) is 10.3. The summed E-state index contributed by atoms with van der Waals surface area (Å²) in [5, 5.41) is 4.96. The standard InChI is InChI=1S/C17H22ClN3O3S/c1-12(2)17-16(20-25(22,23)11-15-7-4-8-24-15)10-19-21(17)14-6-3-5-13(18)9-14/h3,5-6,9-10,12,15,20H,4,7-8,11H2,1-2H3. The molecule has 3 rings (SSSR count). The fourth-order valence-corrected chi connectivity index (χ4v) is 4.55. The molecule has 0 spiro atoms. The predicted molar refractivity (Wildman–Crippen MR) is 99.0 cm³/mol. The largest absolute Gasteiger partial charge is 0.377 e. The molecule has 1 N–H and O–H groups in total. The lowest BCUT2D eigenvalue weighted by Crippen LogP contribution is -2.26. The Hall–Kier alpha value is -1.57. The van der Waals surface area contributed by atoms with Crippen molar-refractivity contribution in [1.82, 2.24) is 9.78 Å². The summed E-state index contributed by atoms with van der Waals surface area (Å²) < 4.78 is 34.8. The van der Waals surface area contributed by atoms with Gasteiger partial charge in [-0.25, -0.2) is 13.1 Å². The molecule has 6 nitrogen and oxygen atoms in total. The Morgan fingerprint density at radius 2 is 2.24 bits per heavy atom. The van der Waals surface area contributed by atoms with Crippen LogP contribution in [0.5, 0.6) is 0 Å². The highest BCUT2D eigenvalue weighted by Gasteiger charge is 2.25. The Labute approximate surface area is 153 Å². The lowest BCUT2D eigenvalue weighted by molar-refractivity contribution is 0.127.